The van der Waals surface area contributed by atoms with Gasteiger partial charge in [0.15, 0.2) is 0 Å². The second-order valence-corrected chi connectivity index (χ2v) is 6.81. The van der Waals surface area contributed by atoms with Crippen LogP contribution in [0.3, 0.4) is 0 Å². The number of nitrogens with two attached hydrogens (primary N) is 1. The third-order valence-electron chi connectivity index (χ3n) is 2.67. The Morgan fingerprint density at radius 1 is 1.25 bits per heavy atom. The summed E-state index contributed by atoms with van der Waals surface area (Å²) in [6.45, 7) is 3.99. The Bertz CT molecular complexity index is 570. The summed E-state index contributed by atoms with van der Waals surface area (Å²) in [5, 5.41) is 0. The van der Waals surface area contributed by atoms with Gasteiger partial charge in [0, 0.05) is 33.2 Å². The molecule has 5 heteroatoms. The van der Waals surface area contributed by atoms with Gasteiger partial charge in [-0.1, -0.05) is 15.9 Å². The summed E-state index contributed by atoms with van der Waals surface area (Å²) in [5.74, 6) is 1.64. The molecule has 106 valence electrons. The van der Waals surface area contributed by atoms with Crippen molar-refractivity contribution < 1.29 is 0 Å². The average Bonchev–Trinajstić information content (AvgIpc) is 2.36. The van der Waals surface area contributed by atoms with Crippen LogP contribution in [0, 0.1) is 6.92 Å². The summed E-state index contributed by atoms with van der Waals surface area (Å²) in [4.78, 5) is 10.3. The van der Waals surface area contributed by atoms with E-state index in [1.807, 2.05) is 32.0 Å². The van der Waals surface area contributed by atoms with Crippen LogP contribution in [0.5, 0.6) is 0 Å². The molecule has 0 bridgehead atoms. The lowest BCUT2D eigenvalue weighted by atomic mass is 10.2. The largest absolute Gasteiger partial charge is 0.328 e. The van der Waals surface area contributed by atoms with E-state index < -0.39 is 0 Å². The van der Waals surface area contributed by atoms with Gasteiger partial charge in [-0.05, 0) is 44.2 Å². The van der Waals surface area contributed by atoms with Crippen LogP contribution >= 0.6 is 27.7 Å². The van der Waals surface area contributed by atoms with Crippen LogP contribution in [0.25, 0.3) is 0 Å². The number of benzene rings is 1. The lowest BCUT2D eigenvalue weighted by Crippen LogP contribution is -2.19. The molecule has 0 aliphatic heterocycles. The molecule has 1 aromatic carbocycles. The summed E-state index contributed by atoms with van der Waals surface area (Å²) >= 11 is 5.18. The molecule has 0 saturated heterocycles. The molecule has 0 aliphatic rings. The molecule has 20 heavy (non-hydrogen) atoms. The number of thioether (sulfide) groups is 1. The number of hydrogen-bond donors (Lipinski definition) is 1. The molecule has 1 atom stereocenters. The van der Waals surface area contributed by atoms with Crippen molar-refractivity contribution in [2.24, 2.45) is 5.73 Å². The molecular weight excluding hydrogens is 334 g/mol. The van der Waals surface area contributed by atoms with Gasteiger partial charge in [-0.25, -0.2) is 9.97 Å². The van der Waals surface area contributed by atoms with E-state index in [1.54, 1.807) is 11.8 Å². The quantitative estimate of drug-likeness (QED) is 0.833. The fraction of sp³-hybridized carbons (Fsp3) is 0.333. The maximum Gasteiger partial charge on any atom is 0.139 e. The van der Waals surface area contributed by atoms with Crippen LogP contribution in [0.4, 0.5) is 0 Å². The standard InChI is InChI=1S/C15H18BrN3S/c1-10(17)7-13-8-11(2)18-15(19-13)9-20-14-5-3-12(16)4-6-14/h3-6,8,10H,7,9,17H2,1-2H3. The van der Waals surface area contributed by atoms with Gasteiger partial charge in [0.2, 0.25) is 0 Å². The lowest BCUT2D eigenvalue weighted by Gasteiger charge is -2.08. The minimum absolute atomic E-state index is 0.122. The van der Waals surface area contributed by atoms with Crippen molar-refractivity contribution in [2.75, 3.05) is 0 Å². The molecule has 0 radical (unpaired) electrons. The Morgan fingerprint density at radius 3 is 2.60 bits per heavy atom. The molecule has 1 aromatic heterocycles. The number of hydrogen-bond acceptors (Lipinski definition) is 4. The van der Waals surface area contributed by atoms with Crippen molar-refractivity contribution >= 4 is 27.7 Å². The maximum absolute atomic E-state index is 5.83. The number of aryl methyl sites for hydroxylation is 1. The van der Waals surface area contributed by atoms with Gasteiger partial charge >= 0.3 is 0 Å². The van der Waals surface area contributed by atoms with Crippen LogP contribution in [0.15, 0.2) is 39.7 Å². The van der Waals surface area contributed by atoms with Gasteiger partial charge in [0.25, 0.3) is 0 Å². The van der Waals surface area contributed by atoms with E-state index in [4.69, 9.17) is 5.73 Å². The highest BCUT2D eigenvalue weighted by Gasteiger charge is 2.05. The molecule has 0 spiro atoms. The second-order valence-electron chi connectivity index (χ2n) is 4.84. The zero-order valence-corrected chi connectivity index (χ0v) is 14.0. The fourth-order valence-electron chi connectivity index (χ4n) is 1.88. The molecule has 0 fully saturated rings. The van der Waals surface area contributed by atoms with Gasteiger partial charge in [0.05, 0.1) is 5.75 Å². The third-order valence-corrected chi connectivity index (χ3v) is 4.20. The van der Waals surface area contributed by atoms with E-state index in [-0.39, 0.29) is 6.04 Å². The van der Waals surface area contributed by atoms with E-state index in [9.17, 15) is 0 Å². The van der Waals surface area contributed by atoms with E-state index in [0.29, 0.717) is 0 Å². The lowest BCUT2D eigenvalue weighted by molar-refractivity contribution is 0.713. The van der Waals surface area contributed by atoms with Crippen LogP contribution in [0.2, 0.25) is 0 Å². The first-order chi connectivity index (χ1) is 9.52. The molecule has 2 N–H and O–H groups in total. The fourth-order valence-corrected chi connectivity index (χ4v) is 2.90. The number of aromatic nitrogens is 2. The molecule has 1 heterocycles. The Labute approximate surface area is 132 Å². The van der Waals surface area contributed by atoms with Crippen molar-refractivity contribution in [1.29, 1.82) is 0 Å². The third kappa shape index (κ3) is 4.89. The molecular formula is C15H18BrN3S. The maximum atomic E-state index is 5.83. The second kappa shape index (κ2) is 7.20. The Hall–Kier alpha value is -0.910. The first-order valence-electron chi connectivity index (χ1n) is 6.50. The van der Waals surface area contributed by atoms with Crippen molar-refractivity contribution in [3.8, 4) is 0 Å². The van der Waals surface area contributed by atoms with Crippen LogP contribution in [-0.2, 0) is 12.2 Å². The topological polar surface area (TPSA) is 51.8 Å². The van der Waals surface area contributed by atoms with Gasteiger partial charge in [-0.15, -0.1) is 11.8 Å². The number of halogens is 1. The van der Waals surface area contributed by atoms with Gasteiger partial charge < -0.3 is 5.73 Å². The summed E-state index contributed by atoms with van der Waals surface area (Å²) in [5.41, 5.74) is 7.86. The summed E-state index contributed by atoms with van der Waals surface area (Å²) in [6, 6.07) is 10.4. The Balaban J connectivity index is 2.05. The summed E-state index contributed by atoms with van der Waals surface area (Å²) < 4.78 is 1.09. The van der Waals surface area contributed by atoms with Crippen molar-refractivity contribution in [2.45, 2.75) is 37.0 Å². The van der Waals surface area contributed by atoms with E-state index in [1.165, 1.54) is 4.90 Å². The molecule has 0 aliphatic carbocycles. The highest BCUT2D eigenvalue weighted by atomic mass is 79.9. The number of rotatable bonds is 5. The zero-order chi connectivity index (χ0) is 14.5. The minimum Gasteiger partial charge on any atom is -0.328 e. The highest BCUT2D eigenvalue weighted by molar-refractivity contribution is 9.10. The molecule has 2 rings (SSSR count). The van der Waals surface area contributed by atoms with Crippen LogP contribution in [-0.4, -0.2) is 16.0 Å². The minimum atomic E-state index is 0.122. The molecule has 1 unspecified atom stereocenters. The van der Waals surface area contributed by atoms with Gasteiger partial charge in [-0.3, -0.25) is 0 Å². The van der Waals surface area contributed by atoms with Gasteiger partial charge in [0.1, 0.15) is 5.82 Å². The Kier molecular flexibility index (Phi) is 5.57. The predicted molar refractivity (Wildman–Crippen MR) is 87.8 cm³/mol. The average molecular weight is 352 g/mol. The SMILES string of the molecule is Cc1cc(CC(C)N)nc(CSc2ccc(Br)cc2)n1. The first kappa shape index (κ1) is 15.5. The highest BCUT2D eigenvalue weighted by Crippen LogP contribution is 2.23. The molecule has 0 saturated carbocycles. The monoisotopic (exact) mass is 351 g/mol. The van der Waals surface area contributed by atoms with Crippen molar-refractivity contribution in [3.63, 3.8) is 0 Å². The van der Waals surface area contributed by atoms with Crippen LogP contribution < -0.4 is 5.73 Å². The van der Waals surface area contributed by atoms with E-state index in [2.05, 4.69) is 38.0 Å². The predicted octanol–water partition coefficient (Wildman–Crippen LogP) is 3.73. The van der Waals surface area contributed by atoms with Crippen molar-refractivity contribution in [3.05, 3.63) is 52.0 Å². The van der Waals surface area contributed by atoms with Crippen molar-refractivity contribution in [1.82, 2.24) is 9.97 Å². The molecule has 0 amide bonds. The van der Waals surface area contributed by atoms with E-state index >= 15 is 0 Å². The van der Waals surface area contributed by atoms with E-state index in [0.717, 1.165) is 33.9 Å². The van der Waals surface area contributed by atoms with Gasteiger partial charge in [-0.2, -0.15) is 0 Å². The summed E-state index contributed by atoms with van der Waals surface area (Å²) in [6.07, 6.45) is 0.791. The first-order valence-corrected chi connectivity index (χ1v) is 8.28. The molecule has 2 aromatic rings. The smallest absolute Gasteiger partial charge is 0.139 e. The summed E-state index contributed by atoms with van der Waals surface area (Å²) in [7, 11) is 0. The normalized spacial score (nSPS) is 12.4. The Morgan fingerprint density at radius 2 is 1.95 bits per heavy atom. The molecule has 3 nitrogen and oxygen atoms in total. The zero-order valence-electron chi connectivity index (χ0n) is 11.6. The van der Waals surface area contributed by atoms with Crippen LogP contribution in [0.1, 0.15) is 24.1 Å². The number of nitrogens with zero attached hydrogens (tertiary/aromatic N) is 2.